The second kappa shape index (κ2) is 11.4. The Morgan fingerprint density at radius 3 is 2.61 bits per heavy atom. The van der Waals surface area contributed by atoms with E-state index >= 15 is 0 Å². The van der Waals surface area contributed by atoms with Crippen molar-refractivity contribution in [2.75, 3.05) is 53.6 Å². The van der Waals surface area contributed by atoms with Gasteiger partial charge in [0, 0.05) is 33.4 Å². The molecule has 0 aromatic heterocycles. The number of amides is 1. The monoisotopic (exact) mass is 371 g/mol. The maximum absolute atomic E-state index is 12.5. The number of methoxy groups -OCH3 is 2. The summed E-state index contributed by atoms with van der Waals surface area (Å²) in [5.41, 5.74) is -0.638. The SMILES string of the molecule is COCCN1CCCC1CNC(=O)C1(OC)CCNCC1.Cl.Cl. The van der Waals surface area contributed by atoms with Gasteiger partial charge in [0.15, 0.2) is 0 Å². The quantitative estimate of drug-likeness (QED) is 0.693. The molecule has 2 aliphatic heterocycles. The van der Waals surface area contributed by atoms with E-state index in [0.29, 0.717) is 12.6 Å². The van der Waals surface area contributed by atoms with Crippen molar-refractivity contribution in [3.63, 3.8) is 0 Å². The first-order valence-corrected chi connectivity index (χ1v) is 7.99. The maximum Gasteiger partial charge on any atom is 0.252 e. The average molecular weight is 372 g/mol. The molecule has 0 aromatic rings. The van der Waals surface area contributed by atoms with Crippen molar-refractivity contribution < 1.29 is 14.3 Å². The zero-order valence-electron chi connectivity index (χ0n) is 14.1. The minimum atomic E-state index is -0.638. The molecule has 2 N–H and O–H groups in total. The molecule has 6 nitrogen and oxygen atoms in total. The van der Waals surface area contributed by atoms with Gasteiger partial charge in [0.25, 0.3) is 5.91 Å². The third-order valence-electron chi connectivity index (χ3n) is 4.80. The highest BCUT2D eigenvalue weighted by atomic mass is 35.5. The molecule has 2 aliphatic rings. The van der Waals surface area contributed by atoms with E-state index in [1.54, 1.807) is 14.2 Å². The Morgan fingerprint density at radius 1 is 1.30 bits per heavy atom. The molecule has 2 fully saturated rings. The van der Waals surface area contributed by atoms with Crippen LogP contribution in [0.2, 0.25) is 0 Å². The molecule has 0 saturated carbocycles. The molecular formula is C15H31Cl2N3O3. The number of hydrogen-bond acceptors (Lipinski definition) is 5. The molecular weight excluding hydrogens is 341 g/mol. The molecule has 8 heteroatoms. The van der Waals surface area contributed by atoms with Gasteiger partial charge in [0.05, 0.1) is 6.61 Å². The second-order valence-electron chi connectivity index (χ2n) is 5.98. The zero-order chi connectivity index (χ0) is 15.1. The Bertz CT molecular complexity index is 342. The molecule has 1 unspecified atom stereocenters. The van der Waals surface area contributed by atoms with Gasteiger partial charge in [-0.2, -0.15) is 0 Å². The van der Waals surface area contributed by atoms with Crippen LogP contribution in [0.4, 0.5) is 0 Å². The van der Waals surface area contributed by atoms with Crippen molar-refractivity contribution in [3.05, 3.63) is 0 Å². The normalized spacial score (nSPS) is 23.7. The Balaban J connectivity index is 0.00000242. The standard InChI is InChI=1S/C15H29N3O3.2ClH/c1-20-11-10-18-9-3-4-13(18)12-17-14(19)15(21-2)5-7-16-8-6-15;;/h13,16H,3-12H2,1-2H3,(H,17,19);2*1H. The summed E-state index contributed by atoms with van der Waals surface area (Å²) < 4.78 is 10.7. The van der Waals surface area contributed by atoms with Gasteiger partial charge in [-0.05, 0) is 45.3 Å². The van der Waals surface area contributed by atoms with E-state index in [-0.39, 0.29) is 30.7 Å². The van der Waals surface area contributed by atoms with E-state index in [1.165, 1.54) is 6.42 Å². The van der Waals surface area contributed by atoms with E-state index in [0.717, 1.165) is 52.0 Å². The third kappa shape index (κ3) is 6.03. The van der Waals surface area contributed by atoms with Gasteiger partial charge in [-0.3, -0.25) is 9.69 Å². The number of nitrogens with one attached hydrogen (secondary N) is 2. The van der Waals surface area contributed by atoms with E-state index < -0.39 is 5.60 Å². The molecule has 2 rings (SSSR count). The van der Waals surface area contributed by atoms with Crippen LogP contribution in [0.25, 0.3) is 0 Å². The largest absolute Gasteiger partial charge is 0.383 e. The number of carbonyl (C=O) groups is 1. The fourth-order valence-corrected chi connectivity index (χ4v) is 3.36. The zero-order valence-corrected chi connectivity index (χ0v) is 15.8. The summed E-state index contributed by atoms with van der Waals surface area (Å²) in [5, 5.41) is 6.39. The first-order chi connectivity index (χ1) is 10.2. The maximum atomic E-state index is 12.5. The van der Waals surface area contributed by atoms with E-state index in [1.807, 2.05) is 0 Å². The Hall–Kier alpha value is -0.110. The lowest BCUT2D eigenvalue weighted by molar-refractivity contribution is -0.146. The van der Waals surface area contributed by atoms with E-state index in [9.17, 15) is 4.79 Å². The number of piperidine rings is 1. The molecule has 0 spiro atoms. The van der Waals surface area contributed by atoms with Crippen LogP contribution in [0.15, 0.2) is 0 Å². The number of likely N-dealkylation sites (tertiary alicyclic amines) is 1. The lowest BCUT2D eigenvalue weighted by Gasteiger charge is -2.35. The predicted molar refractivity (Wildman–Crippen MR) is 95.8 cm³/mol. The molecule has 23 heavy (non-hydrogen) atoms. The first kappa shape index (κ1) is 22.9. The Morgan fingerprint density at radius 2 is 2.00 bits per heavy atom. The van der Waals surface area contributed by atoms with Crippen molar-refractivity contribution in [2.24, 2.45) is 0 Å². The van der Waals surface area contributed by atoms with Crippen molar-refractivity contribution in [2.45, 2.75) is 37.3 Å². The van der Waals surface area contributed by atoms with Crippen LogP contribution < -0.4 is 10.6 Å². The Labute approximate surface area is 151 Å². The second-order valence-corrected chi connectivity index (χ2v) is 5.98. The highest BCUT2D eigenvalue weighted by Crippen LogP contribution is 2.23. The number of ether oxygens (including phenoxy) is 2. The smallest absolute Gasteiger partial charge is 0.252 e. The van der Waals surface area contributed by atoms with Crippen molar-refractivity contribution in [3.8, 4) is 0 Å². The minimum absolute atomic E-state index is 0. The summed E-state index contributed by atoms with van der Waals surface area (Å²) >= 11 is 0. The summed E-state index contributed by atoms with van der Waals surface area (Å²) in [6.07, 6.45) is 3.83. The van der Waals surface area contributed by atoms with Crippen LogP contribution in [0.1, 0.15) is 25.7 Å². The third-order valence-corrected chi connectivity index (χ3v) is 4.80. The van der Waals surface area contributed by atoms with Gasteiger partial charge < -0.3 is 20.1 Å². The molecule has 1 atom stereocenters. The van der Waals surface area contributed by atoms with Crippen LogP contribution in [0.3, 0.4) is 0 Å². The van der Waals surface area contributed by atoms with Gasteiger partial charge in [-0.1, -0.05) is 0 Å². The van der Waals surface area contributed by atoms with E-state index in [2.05, 4.69) is 15.5 Å². The topological polar surface area (TPSA) is 62.8 Å². The lowest BCUT2D eigenvalue weighted by Crippen LogP contribution is -2.55. The molecule has 0 bridgehead atoms. The summed E-state index contributed by atoms with van der Waals surface area (Å²) in [7, 11) is 3.37. The number of halogens is 2. The van der Waals surface area contributed by atoms with Crippen LogP contribution in [0.5, 0.6) is 0 Å². The molecule has 0 aliphatic carbocycles. The first-order valence-electron chi connectivity index (χ1n) is 7.99. The lowest BCUT2D eigenvalue weighted by atomic mass is 9.91. The number of hydrogen-bond donors (Lipinski definition) is 2. The molecule has 2 heterocycles. The molecule has 2 saturated heterocycles. The van der Waals surface area contributed by atoms with Crippen LogP contribution in [-0.4, -0.2) is 76.0 Å². The van der Waals surface area contributed by atoms with Crippen LogP contribution in [0, 0.1) is 0 Å². The van der Waals surface area contributed by atoms with Crippen LogP contribution in [-0.2, 0) is 14.3 Å². The molecule has 138 valence electrons. The van der Waals surface area contributed by atoms with Crippen molar-refractivity contribution >= 4 is 30.7 Å². The predicted octanol–water partition coefficient (Wildman–Crippen LogP) is 0.826. The van der Waals surface area contributed by atoms with Gasteiger partial charge >= 0.3 is 0 Å². The summed E-state index contributed by atoms with van der Waals surface area (Å²) in [5.74, 6) is 0.0464. The molecule has 0 radical (unpaired) electrons. The number of carbonyl (C=O) groups excluding carboxylic acids is 1. The van der Waals surface area contributed by atoms with Crippen molar-refractivity contribution in [1.29, 1.82) is 0 Å². The fraction of sp³-hybridized carbons (Fsp3) is 0.933. The molecule has 1 amide bonds. The fourth-order valence-electron chi connectivity index (χ4n) is 3.36. The average Bonchev–Trinajstić information content (AvgIpc) is 2.98. The van der Waals surface area contributed by atoms with Gasteiger partial charge in [-0.25, -0.2) is 0 Å². The van der Waals surface area contributed by atoms with Crippen molar-refractivity contribution in [1.82, 2.24) is 15.5 Å². The van der Waals surface area contributed by atoms with Gasteiger partial charge in [-0.15, -0.1) is 24.8 Å². The number of nitrogens with zero attached hydrogens (tertiary/aromatic N) is 1. The summed E-state index contributed by atoms with van der Waals surface area (Å²) in [4.78, 5) is 14.9. The highest BCUT2D eigenvalue weighted by Gasteiger charge is 2.40. The number of rotatable bonds is 7. The summed E-state index contributed by atoms with van der Waals surface area (Å²) in [6.45, 7) is 5.17. The van der Waals surface area contributed by atoms with Gasteiger partial charge in [0.2, 0.25) is 0 Å². The summed E-state index contributed by atoms with van der Waals surface area (Å²) in [6, 6.07) is 0.430. The highest BCUT2D eigenvalue weighted by molar-refractivity contribution is 5.86. The Kier molecular flexibility index (Phi) is 11.4. The van der Waals surface area contributed by atoms with E-state index in [4.69, 9.17) is 9.47 Å². The van der Waals surface area contributed by atoms with Gasteiger partial charge in [0.1, 0.15) is 5.60 Å². The van der Waals surface area contributed by atoms with Crippen LogP contribution >= 0.6 is 24.8 Å². The molecule has 0 aromatic carbocycles. The minimum Gasteiger partial charge on any atom is -0.383 e.